The van der Waals surface area contributed by atoms with Crippen LogP contribution in [0.5, 0.6) is 17.2 Å². The molecule has 0 saturated carbocycles. The summed E-state index contributed by atoms with van der Waals surface area (Å²) in [7, 11) is 0. The Hall–Kier alpha value is -3.14. The third-order valence-electron chi connectivity index (χ3n) is 4.77. The van der Waals surface area contributed by atoms with Gasteiger partial charge in [-0.3, -0.25) is 0 Å². The van der Waals surface area contributed by atoms with E-state index in [-0.39, 0.29) is 23.2 Å². The number of benzene rings is 3. The molecule has 4 nitrogen and oxygen atoms in total. The topological polar surface area (TPSA) is 63.9 Å². The molecule has 0 saturated heterocycles. The zero-order valence-corrected chi connectivity index (χ0v) is 12.1. The smallest absolute Gasteiger partial charge is 0.121 e. The normalized spacial score (nSPS) is 14.3. The average Bonchev–Trinajstić information content (AvgIpc) is 2.55. The molecule has 6 rings (SSSR count). The predicted octanol–water partition coefficient (Wildman–Crippen LogP) is 4.08. The molecule has 3 aliphatic rings. The first-order valence-electron chi connectivity index (χ1n) is 7.44. The first-order chi connectivity index (χ1) is 11.2. The summed E-state index contributed by atoms with van der Waals surface area (Å²) in [5, 5.41) is 31.3. The van der Waals surface area contributed by atoms with Crippen LogP contribution in [0.15, 0.2) is 54.6 Å². The molecule has 3 aliphatic heterocycles. The molecule has 112 valence electrons. The second kappa shape index (κ2) is 3.98. The first kappa shape index (κ1) is 12.4. The molecule has 0 unspecified atom stereocenters. The summed E-state index contributed by atoms with van der Waals surface area (Å²) in [6.45, 7) is 0. The Morgan fingerprint density at radius 3 is 1.26 bits per heavy atom. The van der Waals surface area contributed by atoms with E-state index < -0.39 is 0 Å². The van der Waals surface area contributed by atoms with Crippen LogP contribution in [0.25, 0.3) is 0 Å². The number of hydrogen-bond donors (Lipinski definition) is 3. The second-order valence-corrected chi connectivity index (χ2v) is 5.90. The zero-order chi connectivity index (χ0) is 15.7. The van der Waals surface area contributed by atoms with Gasteiger partial charge < -0.3 is 20.2 Å². The van der Waals surface area contributed by atoms with Gasteiger partial charge in [-0.15, -0.1) is 0 Å². The van der Waals surface area contributed by atoms with Gasteiger partial charge >= 0.3 is 0 Å². The minimum Gasteiger partial charge on any atom is -0.508 e. The fourth-order valence-corrected chi connectivity index (χ4v) is 3.92. The molecule has 4 heteroatoms. The molecule has 0 aromatic heterocycles. The third kappa shape index (κ3) is 1.36. The van der Waals surface area contributed by atoms with Crippen molar-refractivity contribution in [3.05, 3.63) is 71.3 Å². The highest BCUT2D eigenvalue weighted by Gasteiger charge is 2.44. The van der Waals surface area contributed by atoms with Crippen molar-refractivity contribution in [2.45, 2.75) is 5.92 Å². The van der Waals surface area contributed by atoms with Gasteiger partial charge in [0.2, 0.25) is 0 Å². The minimum atomic E-state index is -0.386. The van der Waals surface area contributed by atoms with Crippen molar-refractivity contribution in [3.8, 4) is 17.2 Å². The Balaban J connectivity index is 1.97. The van der Waals surface area contributed by atoms with Crippen molar-refractivity contribution in [2.75, 3.05) is 4.90 Å². The van der Waals surface area contributed by atoms with Crippen LogP contribution in [0.4, 0.5) is 17.1 Å². The summed E-state index contributed by atoms with van der Waals surface area (Å²) < 4.78 is 0. The van der Waals surface area contributed by atoms with E-state index in [4.69, 9.17) is 0 Å². The van der Waals surface area contributed by atoms with Gasteiger partial charge in [0.05, 0.1) is 23.0 Å². The van der Waals surface area contributed by atoms with Crippen molar-refractivity contribution < 1.29 is 15.3 Å². The van der Waals surface area contributed by atoms with E-state index in [0.717, 1.165) is 33.8 Å². The molecule has 23 heavy (non-hydrogen) atoms. The van der Waals surface area contributed by atoms with E-state index in [1.165, 1.54) is 0 Å². The quantitative estimate of drug-likeness (QED) is 0.403. The maximum Gasteiger partial charge on any atom is 0.121 e. The fraction of sp³-hybridized carbons (Fsp3) is 0.0526. The Kier molecular flexibility index (Phi) is 2.15. The van der Waals surface area contributed by atoms with Crippen LogP contribution in [-0.4, -0.2) is 15.3 Å². The number of phenolic OH excluding ortho intramolecular Hbond substituents is 3. The average molecular weight is 303 g/mol. The Morgan fingerprint density at radius 1 is 0.565 bits per heavy atom. The Labute approximate surface area is 132 Å². The van der Waals surface area contributed by atoms with Crippen LogP contribution in [0.3, 0.4) is 0 Å². The summed E-state index contributed by atoms with van der Waals surface area (Å²) in [6, 6.07) is 16.2. The molecule has 2 bridgehead atoms. The second-order valence-electron chi connectivity index (χ2n) is 5.90. The number of anilines is 3. The third-order valence-corrected chi connectivity index (χ3v) is 4.77. The van der Waals surface area contributed by atoms with Crippen molar-refractivity contribution in [2.24, 2.45) is 0 Å². The van der Waals surface area contributed by atoms with Crippen molar-refractivity contribution in [1.82, 2.24) is 0 Å². The molecule has 0 atom stereocenters. The summed E-state index contributed by atoms with van der Waals surface area (Å²) >= 11 is 0. The van der Waals surface area contributed by atoms with Gasteiger partial charge in [-0.2, -0.15) is 0 Å². The first-order valence-corrected chi connectivity index (χ1v) is 7.44. The van der Waals surface area contributed by atoms with Crippen LogP contribution in [0.1, 0.15) is 22.6 Å². The fourth-order valence-electron chi connectivity index (χ4n) is 3.92. The lowest BCUT2D eigenvalue weighted by Crippen LogP contribution is -2.29. The highest BCUT2D eigenvalue weighted by atomic mass is 16.3. The van der Waals surface area contributed by atoms with E-state index >= 15 is 0 Å². The van der Waals surface area contributed by atoms with E-state index in [2.05, 4.69) is 0 Å². The van der Waals surface area contributed by atoms with Gasteiger partial charge in [0.25, 0.3) is 0 Å². The largest absolute Gasteiger partial charge is 0.508 e. The van der Waals surface area contributed by atoms with E-state index in [1.807, 2.05) is 23.1 Å². The van der Waals surface area contributed by atoms with E-state index in [9.17, 15) is 15.3 Å². The summed E-state index contributed by atoms with van der Waals surface area (Å²) in [5.74, 6) is 0.115. The van der Waals surface area contributed by atoms with E-state index in [0.29, 0.717) is 0 Å². The van der Waals surface area contributed by atoms with Crippen LogP contribution >= 0.6 is 0 Å². The van der Waals surface area contributed by atoms with Crippen molar-refractivity contribution >= 4 is 17.1 Å². The van der Waals surface area contributed by atoms with Gasteiger partial charge in [0.1, 0.15) is 17.2 Å². The summed E-state index contributed by atoms with van der Waals surface area (Å²) in [6.07, 6.45) is 0. The van der Waals surface area contributed by atoms with Gasteiger partial charge in [-0.05, 0) is 36.4 Å². The van der Waals surface area contributed by atoms with Gasteiger partial charge in [0, 0.05) is 16.7 Å². The van der Waals surface area contributed by atoms with Crippen LogP contribution in [0, 0.1) is 0 Å². The van der Waals surface area contributed by atoms with Crippen molar-refractivity contribution in [3.63, 3.8) is 0 Å². The molecule has 0 spiro atoms. The SMILES string of the molecule is Oc1cccc2c1C1c3c(O)cccc3N2c2cccc(O)c21. The maximum atomic E-state index is 10.4. The number of hydrogen-bond acceptors (Lipinski definition) is 4. The lowest BCUT2D eigenvalue weighted by atomic mass is 9.74. The maximum absolute atomic E-state index is 10.4. The van der Waals surface area contributed by atoms with Crippen LogP contribution < -0.4 is 4.90 Å². The standard InChI is InChI=1S/C19H13NO3/c21-13-7-1-4-10-16(13)19-17-11(5-2-8-14(17)22)20(10)12-6-3-9-15(23)18(12)19/h1-9,19,21-23H. The highest BCUT2D eigenvalue weighted by molar-refractivity contribution is 5.95. The highest BCUT2D eigenvalue weighted by Crippen LogP contribution is 2.63. The lowest BCUT2D eigenvalue weighted by Gasteiger charge is -2.45. The number of nitrogens with zero attached hydrogens (tertiary/aromatic N) is 1. The molecule has 3 aromatic rings. The number of aromatic hydroxyl groups is 3. The van der Waals surface area contributed by atoms with Crippen LogP contribution in [-0.2, 0) is 0 Å². The molecule has 0 amide bonds. The Bertz CT molecular complexity index is 853. The number of rotatable bonds is 0. The molecule has 3 aromatic carbocycles. The molecular weight excluding hydrogens is 290 g/mol. The Morgan fingerprint density at radius 2 is 0.913 bits per heavy atom. The van der Waals surface area contributed by atoms with Crippen molar-refractivity contribution in [1.29, 1.82) is 0 Å². The molecule has 3 heterocycles. The summed E-state index contributed by atoms with van der Waals surface area (Å²) in [4.78, 5) is 1.99. The lowest BCUT2D eigenvalue weighted by molar-refractivity contribution is 0.448. The van der Waals surface area contributed by atoms with Gasteiger partial charge in [0.15, 0.2) is 0 Å². The molecule has 3 N–H and O–H groups in total. The summed E-state index contributed by atoms with van der Waals surface area (Å²) in [5.41, 5.74) is 4.80. The molecular formula is C19H13NO3. The zero-order valence-electron chi connectivity index (χ0n) is 12.1. The number of phenols is 3. The monoisotopic (exact) mass is 303 g/mol. The van der Waals surface area contributed by atoms with Crippen LogP contribution in [0.2, 0.25) is 0 Å². The van der Waals surface area contributed by atoms with E-state index in [1.54, 1.807) is 36.4 Å². The molecule has 0 radical (unpaired) electrons. The minimum absolute atomic E-state index is 0.167. The molecule has 0 fully saturated rings. The molecule has 0 aliphatic carbocycles. The predicted molar refractivity (Wildman–Crippen MR) is 87.1 cm³/mol. The van der Waals surface area contributed by atoms with Gasteiger partial charge in [-0.1, -0.05) is 18.2 Å². The van der Waals surface area contributed by atoms with Gasteiger partial charge in [-0.25, -0.2) is 0 Å².